The van der Waals surface area contributed by atoms with E-state index in [2.05, 4.69) is 0 Å². The highest BCUT2D eigenvalue weighted by Gasteiger charge is 2.46. The lowest BCUT2D eigenvalue weighted by atomic mass is 9.86. The van der Waals surface area contributed by atoms with Crippen molar-refractivity contribution < 1.29 is 18.7 Å². The predicted octanol–water partition coefficient (Wildman–Crippen LogP) is 4.99. The van der Waals surface area contributed by atoms with Crippen molar-refractivity contribution in [2.24, 2.45) is 5.92 Å². The standard InChI is InChI=1S/C22H26O5/c1-3-16(11-17-5-4-10-25-17)19-12-18(23)20(21(24)26-19)22(13-15-6-7-15)9-8-14(2)27-22/h4-5,8,10,12,15-16,23H,3,6-7,9,11,13H2,1-2H3. The quantitative estimate of drug-likeness (QED) is 0.743. The van der Waals surface area contributed by atoms with Gasteiger partial charge in [0.25, 0.3) is 0 Å². The molecule has 4 rings (SSSR count). The molecule has 1 N–H and O–H groups in total. The highest BCUT2D eigenvalue weighted by molar-refractivity contribution is 5.38. The Labute approximate surface area is 158 Å². The molecule has 27 heavy (non-hydrogen) atoms. The second-order valence-corrected chi connectivity index (χ2v) is 7.85. The predicted molar refractivity (Wildman–Crippen MR) is 101 cm³/mol. The Bertz CT molecular complexity index is 888. The molecule has 2 aromatic rings. The van der Waals surface area contributed by atoms with Gasteiger partial charge in [0, 0.05) is 24.8 Å². The van der Waals surface area contributed by atoms with E-state index in [0.29, 0.717) is 24.5 Å². The van der Waals surface area contributed by atoms with E-state index in [4.69, 9.17) is 13.6 Å². The van der Waals surface area contributed by atoms with Crippen LogP contribution < -0.4 is 5.63 Å². The van der Waals surface area contributed by atoms with Crippen molar-refractivity contribution in [3.8, 4) is 5.75 Å². The maximum absolute atomic E-state index is 12.9. The van der Waals surface area contributed by atoms with Crippen molar-refractivity contribution in [3.05, 3.63) is 63.8 Å². The summed E-state index contributed by atoms with van der Waals surface area (Å²) in [4.78, 5) is 12.9. The summed E-state index contributed by atoms with van der Waals surface area (Å²) in [6.07, 6.45) is 8.64. The van der Waals surface area contributed by atoms with Crippen LogP contribution in [0.15, 0.2) is 49.9 Å². The van der Waals surface area contributed by atoms with Crippen molar-refractivity contribution in [2.45, 2.75) is 63.9 Å². The molecule has 2 atom stereocenters. The minimum atomic E-state index is -0.794. The molecule has 1 saturated carbocycles. The van der Waals surface area contributed by atoms with Crippen molar-refractivity contribution in [2.75, 3.05) is 0 Å². The van der Waals surface area contributed by atoms with E-state index < -0.39 is 11.2 Å². The van der Waals surface area contributed by atoms with Gasteiger partial charge in [0.05, 0.1) is 12.0 Å². The molecule has 3 heterocycles. The molecule has 2 unspecified atom stereocenters. The molecule has 1 aliphatic heterocycles. The molecule has 1 fully saturated rings. The molecule has 144 valence electrons. The summed E-state index contributed by atoms with van der Waals surface area (Å²) in [7, 11) is 0. The SMILES string of the molecule is CCC(Cc1ccco1)c1cc(O)c(C2(CC3CC3)CC=C(C)O2)c(=O)o1. The zero-order valence-electron chi connectivity index (χ0n) is 15.9. The lowest BCUT2D eigenvalue weighted by Gasteiger charge is -2.30. The van der Waals surface area contributed by atoms with E-state index in [-0.39, 0.29) is 17.2 Å². The van der Waals surface area contributed by atoms with Gasteiger partial charge in [-0.3, -0.25) is 0 Å². The Morgan fingerprint density at radius 2 is 2.19 bits per heavy atom. The third kappa shape index (κ3) is 3.55. The lowest BCUT2D eigenvalue weighted by molar-refractivity contribution is 0.00456. The Morgan fingerprint density at radius 3 is 2.74 bits per heavy atom. The number of furan rings is 1. The molecule has 5 heteroatoms. The van der Waals surface area contributed by atoms with Crippen LogP contribution in [0.5, 0.6) is 5.75 Å². The zero-order valence-corrected chi connectivity index (χ0v) is 15.9. The number of rotatable bonds is 7. The second-order valence-electron chi connectivity index (χ2n) is 7.85. The second kappa shape index (κ2) is 6.95. The summed E-state index contributed by atoms with van der Waals surface area (Å²) in [6, 6.07) is 5.34. The number of allylic oxidation sites excluding steroid dienone is 1. The van der Waals surface area contributed by atoms with E-state index >= 15 is 0 Å². The molecule has 2 aliphatic rings. The van der Waals surface area contributed by atoms with E-state index in [1.807, 2.05) is 32.1 Å². The fraction of sp³-hybridized carbons (Fsp3) is 0.500. The van der Waals surface area contributed by atoms with E-state index in [1.165, 1.54) is 0 Å². The minimum Gasteiger partial charge on any atom is -0.507 e. The summed E-state index contributed by atoms with van der Waals surface area (Å²) >= 11 is 0. The van der Waals surface area contributed by atoms with Crippen molar-refractivity contribution in [1.29, 1.82) is 0 Å². The van der Waals surface area contributed by atoms with E-state index in [1.54, 1.807) is 12.3 Å². The fourth-order valence-corrected chi connectivity index (χ4v) is 4.11. The van der Waals surface area contributed by atoms with Gasteiger partial charge < -0.3 is 18.7 Å². The first-order chi connectivity index (χ1) is 13.0. The first kappa shape index (κ1) is 18.0. The van der Waals surface area contributed by atoms with Gasteiger partial charge in [0.2, 0.25) is 0 Å². The van der Waals surface area contributed by atoms with Crippen LogP contribution in [0.25, 0.3) is 0 Å². The molecule has 0 aromatic carbocycles. The average Bonchev–Trinajstić information content (AvgIpc) is 3.13. The fourth-order valence-electron chi connectivity index (χ4n) is 4.11. The molecule has 2 aromatic heterocycles. The molecule has 0 bridgehead atoms. The molecule has 0 saturated heterocycles. The average molecular weight is 370 g/mol. The lowest BCUT2D eigenvalue weighted by Crippen LogP contribution is -2.32. The molecular weight excluding hydrogens is 344 g/mol. The van der Waals surface area contributed by atoms with Gasteiger partial charge in [-0.25, -0.2) is 4.79 Å². The van der Waals surface area contributed by atoms with Crippen LogP contribution in [0.3, 0.4) is 0 Å². The first-order valence-electron chi connectivity index (χ1n) is 9.76. The van der Waals surface area contributed by atoms with E-state index in [0.717, 1.165) is 37.2 Å². The smallest absolute Gasteiger partial charge is 0.347 e. The Balaban J connectivity index is 1.67. The highest BCUT2D eigenvalue weighted by Crippen LogP contribution is 2.49. The number of aromatic hydroxyl groups is 1. The van der Waals surface area contributed by atoms with Gasteiger partial charge in [-0.1, -0.05) is 19.8 Å². The maximum atomic E-state index is 12.9. The summed E-state index contributed by atoms with van der Waals surface area (Å²) in [6.45, 7) is 3.92. The van der Waals surface area contributed by atoms with Crippen molar-refractivity contribution >= 4 is 0 Å². The largest absolute Gasteiger partial charge is 0.507 e. The van der Waals surface area contributed by atoms with Gasteiger partial charge >= 0.3 is 5.63 Å². The Morgan fingerprint density at radius 1 is 1.37 bits per heavy atom. The third-order valence-electron chi connectivity index (χ3n) is 5.72. The van der Waals surface area contributed by atoms with Gasteiger partial charge in [-0.15, -0.1) is 0 Å². The van der Waals surface area contributed by atoms with Crippen LogP contribution in [0.1, 0.15) is 69.0 Å². The third-order valence-corrected chi connectivity index (χ3v) is 5.72. The summed E-state index contributed by atoms with van der Waals surface area (Å²) in [5.74, 6) is 2.60. The van der Waals surface area contributed by atoms with Gasteiger partial charge in [0.1, 0.15) is 28.4 Å². The maximum Gasteiger partial charge on any atom is 0.347 e. The summed E-state index contributed by atoms with van der Waals surface area (Å²) < 4.78 is 17.2. The molecule has 1 aliphatic carbocycles. The van der Waals surface area contributed by atoms with Crippen LogP contribution in [0.2, 0.25) is 0 Å². The summed E-state index contributed by atoms with van der Waals surface area (Å²) in [5, 5.41) is 10.8. The zero-order chi connectivity index (χ0) is 19.0. The number of hydrogen-bond acceptors (Lipinski definition) is 5. The molecule has 5 nitrogen and oxygen atoms in total. The van der Waals surface area contributed by atoms with Gasteiger partial charge in [-0.2, -0.15) is 0 Å². The van der Waals surface area contributed by atoms with Gasteiger partial charge in [0.15, 0.2) is 0 Å². The molecule has 0 spiro atoms. The normalized spacial score (nSPS) is 23.1. The van der Waals surface area contributed by atoms with Crippen LogP contribution in [-0.4, -0.2) is 5.11 Å². The van der Waals surface area contributed by atoms with Crippen LogP contribution in [0, 0.1) is 5.92 Å². The monoisotopic (exact) mass is 370 g/mol. The van der Waals surface area contributed by atoms with Crippen molar-refractivity contribution in [1.82, 2.24) is 0 Å². The minimum absolute atomic E-state index is 0.0251. The topological polar surface area (TPSA) is 72.8 Å². The van der Waals surface area contributed by atoms with Crippen molar-refractivity contribution in [3.63, 3.8) is 0 Å². The van der Waals surface area contributed by atoms with E-state index in [9.17, 15) is 9.90 Å². The number of hydrogen-bond donors (Lipinski definition) is 1. The summed E-state index contributed by atoms with van der Waals surface area (Å²) in [5.41, 5.74) is -1.03. The molecule has 0 radical (unpaired) electrons. The highest BCUT2D eigenvalue weighted by atomic mass is 16.5. The van der Waals surface area contributed by atoms with Crippen LogP contribution >= 0.6 is 0 Å². The van der Waals surface area contributed by atoms with Crippen LogP contribution in [0.4, 0.5) is 0 Å². The van der Waals surface area contributed by atoms with Gasteiger partial charge in [-0.05, 0) is 43.9 Å². The number of ether oxygens (including phenoxy) is 1. The van der Waals surface area contributed by atoms with Crippen LogP contribution in [-0.2, 0) is 16.8 Å². The Hall–Kier alpha value is -2.43. The molecule has 0 amide bonds. The first-order valence-corrected chi connectivity index (χ1v) is 9.76. The molecular formula is C22H26O5. The Kier molecular flexibility index (Phi) is 4.62.